The smallest absolute Gasteiger partial charge is 0.295 e. The van der Waals surface area contributed by atoms with Gasteiger partial charge in [-0.1, -0.05) is 42.0 Å². The summed E-state index contributed by atoms with van der Waals surface area (Å²) in [4.78, 5) is 26.8. The molecule has 2 aromatic carbocycles. The monoisotopic (exact) mass is 395 g/mol. The lowest BCUT2D eigenvalue weighted by atomic mass is 9.95. The Hall–Kier alpha value is -3.12. The van der Waals surface area contributed by atoms with Gasteiger partial charge in [-0.25, -0.2) is 0 Å². The van der Waals surface area contributed by atoms with Gasteiger partial charge in [-0.3, -0.25) is 9.59 Å². The average Bonchev–Trinajstić information content (AvgIpc) is 2.93. The number of aliphatic hydroxyl groups excluding tert-OH is 2. The van der Waals surface area contributed by atoms with Crippen molar-refractivity contribution in [1.82, 2.24) is 4.90 Å². The van der Waals surface area contributed by atoms with Gasteiger partial charge in [0, 0.05) is 12.1 Å². The van der Waals surface area contributed by atoms with E-state index in [1.54, 1.807) is 43.3 Å². The van der Waals surface area contributed by atoms with Crippen LogP contribution in [0.1, 0.15) is 36.6 Å². The maximum Gasteiger partial charge on any atom is 0.295 e. The summed E-state index contributed by atoms with van der Waals surface area (Å²) in [5, 5.41) is 20.8. The molecule has 0 saturated carbocycles. The highest BCUT2D eigenvalue weighted by atomic mass is 16.5. The molecule has 1 saturated heterocycles. The fraction of sp³-hybridized carbons (Fsp3) is 0.304. The molecule has 6 heteroatoms. The van der Waals surface area contributed by atoms with Crippen LogP contribution in [0.15, 0.2) is 54.1 Å². The van der Waals surface area contributed by atoms with Gasteiger partial charge >= 0.3 is 0 Å². The summed E-state index contributed by atoms with van der Waals surface area (Å²) in [5.74, 6) is -1.06. The van der Waals surface area contributed by atoms with Crippen molar-refractivity contribution in [2.45, 2.75) is 32.9 Å². The topological polar surface area (TPSA) is 87.1 Å². The van der Waals surface area contributed by atoms with Gasteiger partial charge in [-0.2, -0.15) is 0 Å². The summed E-state index contributed by atoms with van der Waals surface area (Å²) in [6.45, 7) is 5.85. The van der Waals surface area contributed by atoms with Gasteiger partial charge in [0.2, 0.25) is 0 Å². The lowest BCUT2D eigenvalue weighted by Gasteiger charge is -2.26. The van der Waals surface area contributed by atoms with Gasteiger partial charge < -0.3 is 19.8 Å². The number of carbonyl (C=O) groups excluding carboxylic acids is 2. The molecule has 1 aliphatic rings. The van der Waals surface area contributed by atoms with Crippen LogP contribution in [0.5, 0.6) is 5.75 Å². The predicted octanol–water partition coefficient (Wildman–Crippen LogP) is 3.20. The molecule has 6 nitrogen and oxygen atoms in total. The number of likely N-dealkylation sites (tertiary alicyclic amines) is 1. The molecule has 0 spiro atoms. The second kappa shape index (κ2) is 8.49. The zero-order chi connectivity index (χ0) is 21.1. The molecule has 29 heavy (non-hydrogen) atoms. The molecular formula is C23H25NO5. The normalized spacial score (nSPS) is 19.4. The molecule has 2 aromatic rings. The molecule has 0 aromatic heterocycles. The summed E-state index contributed by atoms with van der Waals surface area (Å²) in [7, 11) is 0. The zero-order valence-corrected chi connectivity index (χ0v) is 16.8. The van der Waals surface area contributed by atoms with Gasteiger partial charge in [-0.05, 0) is 38.5 Å². The van der Waals surface area contributed by atoms with Gasteiger partial charge in [0.05, 0.1) is 24.3 Å². The van der Waals surface area contributed by atoms with E-state index in [-0.39, 0.29) is 17.9 Å². The fourth-order valence-corrected chi connectivity index (χ4v) is 3.48. The van der Waals surface area contributed by atoms with Gasteiger partial charge in [0.25, 0.3) is 11.7 Å². The van der Waals surface area contributed by atoms with Crippen molar-refractivity contribution in [2.75, 3.05) is 13.2 Å². The first-order valence-electron chi connectivity index (χ1n) is 9.59. The van der Waals surface area contributed by atoms with Crippen LogP contribution in [-0.2, 0) is 9.59 Å². The number of hydrogen-bond acceptors (Lipinski definition) is 5. The van der Waals surface area contributed by atoms with Crippen LogP contribution in [0.25, 0.3) is 5.76 Å². The van der Waals surface area contributed by atoms with E-state index in [4.69, 9.17) is 4.74 Å². The van der Waals surface area contributed by atoms with E-state index in [1.165, 1.54) is 4.90 Å². The Morgan fingerprint density at radius 2 is 1.72 bits per heavy atom. The lowest BCUT2D eigenvalue weighted by molar-refractivity contribution is -0.140. The van der Waals surface area contributed by atoms with Crippen LogP contribution < -0.4 is 4.74 Å². The Morgan fingerprint density at radius 3 is 2.28 bits per heavy atom. The van der Waals surface area contributed by atoms with E-state index in [9.17, 15) is 19.8 Å². The number of aliphatic hydroxyl groups is 2. The number of ether oxygens (including phenoxy) is 1. The van der Waals surface area contributed by atoms with Crippen molar-refractivity contribution in [2.24, 2.45) is 0 Å². The van der Waals surface area contributed by atoms with E-state index >= 15 is 0 Å². The molecule has 1 aliphatic heterocycles. The Kier molecular flexibility index (Phi) is 6.03. The number of ketones is 1. The Balaban J connectivity index is 2.13. The van der Waals surface area contributed by atoms with E-state index in [0.29, 0.717) is 23.5 Å². The Bertz CT molecular complexity index is 929. The Morgan fingerprint density at radius 1 is 1.10 bits per heavy atom. The molecule has 0 aliphatic carbocycles. The fourth-order valence-electron chi connectivity index (χ4n) is 3.48. The first-order chi connectivity index (χ1) is 13.8. The van der Waals surface area contributed by atoms with Crippen LogP contribution in [-0.4, -0.2) is 46.1 Å². The summed E-state index contributed by atoms with van der Waals surface area (Å²) < 4.78 is 5.46. The minimum Gasteiger partial charge on any atom is -0.507 e. The molecule has 0 radical (unpaired) electrons. The minimum absolute atomic E-state index is 0.0173. The maximum absolute atomic E-state index is 12.8. The number of aryl methyl sites for hydroxylation is 1. The van der Waals surface area contributed by atoms with Gasteiger partial charge in [0.15, 0.2) is 0 Å². The number of amides is 1. The highest BCUT2D eigenvalue weighted by molar-refractivity contribution is 6.46. The van der Waals surface area contributed by atoms with Gasteiger partial charge in [0.1, 0.15) is 11.5 Å². The van der Waals surface area contributed by atoms with Crippen LogP contribution >= 0.6 is 0 Å². The van der Waals surface area contributed by atoms with E-state index in [1.807, 2.05) is 26.0 Å². The SMILES string of the molecule is CCOc1ccc(C2/C(=C(\O)c3ccc(C)cc3)C(=O)C(=O)N2CC(C)O)cc1. The van der Waals surface area contributed by atoms with Crippen molar-refractivity contribution < 1.29 is 24.5 Å². The predicted molar refractivity (Wildman–Crippen MR) is 109 cm³/mol. The van der Waals surface area contributed by atoms with Crippen molar-refractivity contribution in [1.29, 1.82) is 0 Å². The number of Topliss-reactive ketones (excluding diaryl/α,β-unsaturated/α-hetero) is 1. The molecule has 152 valence electrons. The molecule has 2 N–H and O–H groups in total. The summed E-state index contributed by atoms with van der Waals surface area (Å²) >= 11 is 0. The third-order valence-corrected chi connectivity index (χ3v) is 4.83. The van der Waals surface area contributed by atoms with Crippen molar-refractivity contribution in [3.63, 3.8) is 0 Å². The summed E-state index contributed by atoms with van der Waals surface area (Å²) in [6, 6.07) is 13.3. The molecular weight excluding hydrogens is 370 g/mol. The number of hydrogen-bond donors (Lipinski definition) is 2. The first kappa shape index (κ1) is 20.6. The molecule has 1 fully saturated rings. The molecule has 1 heterocycles. The second-order valence-corrected chi connectivity index (χ2v) is 7.17. The van der Waals surface area contributed by atoms with Crippen molar-refractivity contribution in [3.05, 3.63) is 70.8 Å². The Labute approximate surface area is 170 Å². The largest absolute Gasteiger partial charge is 0.507 e. The molecule has 3 rings (SSSR count). The van der Waals surface area contributed by atoms with E-state index < -0.39 is 23.8 Å². The molecule has 2 atom stereocenters. The number of β-amino-alcohol motifs (C(OH)–C–C–N with tert-alkyl or cyclic N) is 1. The van der Waals surface area contributed by atoms with Gasteiger partial charge in [-0.15, -0.1) is 0 Å². The first-order valence-corrected chi connectivity index (χ1v) is 9.59. The molecule has 2 unspecified atom stereocenters. The number of rotatable bonds is 6. The highest BCUT2D eigenvalue weighted by Crippen LogP contribution is 2.39. The van der Waals surface area contributed by atoms with Crippen LogP contribution in [0, 0.1) is 6.92 Å². The van der Waals surface area contributed by atoms with Crippen LogP contribution in [0.3, 0.4) is 0 Å². The van der Waals surface area contributed by atoms with E-state index in [0.717, 1.165) is 5.56 Å². The zero-order valence-electron chi connectivity index (χ0n) is 16.8. The second-order valence-electron chi connectivity index (χ2n) is 7.17. The van der Waals surface area contributed by atoms with Crippen molar-refractivity contribution in [3.8, 4) is 5.75 Å². The number of carbonyl (C=O) groups is 2. The summed E-state index contributed by atoms with van der Waals surface area (Å²) in [5.41, 5.74) is 2.14. The quantitative estimate of drug-likeness (QED) is 0.446. The van der Waals surface area contributed by atoms with Crippen LogP contribution in [0.4, 0.5) is 0 Å². The minimum atomic E-state index is -0.821. The summed E-state index contributed by atoms with van der Waals surface area (Å²) in [6.07, 6.45) is -0.821. The standard InChI is InChI=1S/C23H25NO5/c1-4-29-18-11-9-16(10-12-18)20-19(21(26)17-7-5-14(2)6-8-17)22(27)23(28)24(20)13-15(3)25/h5-12,15,20,25-26H,4,13H2,1-3H3/b21-19+. The average molecular weight is 395 g/mol. The lowest BCUT2D eigenvalue weighted by Crippen LogP contribution is -2.35. The highest BCUT2D eigenvalue weighted by Gasteiger charge is 2.46. The number of benzene rings is 2. The number of nitrogens with zero attached hydrogens (tertiary/aromatic N) is 1. The molecule has 1 amide bonds. The third-order valence-electron chi connectivity index (χ3n) is 4.83. The van der Waals surface area contributed by atoms with Crippen LogP contribution in [0.2, 0.25) is 0 Å². The van der Waals surface area contributed by atoms with Crippen molar-refractivity contribution >= 4 is 17.4 Å². The third kappa shape index (κ3) is 4.17. The molecule has 0 bridgehead atoms. The van der Waals surface area contributed by atoms with E-state index in [2.05, 4.69) is 0 Å². The maximum atomic E-state index is 12.8.